The van der Waals surface area contributed by atoms with Crippen molar-refractivity contribution < 1.29 is 5.11 Å². The van der Waals surface area contributed by atoms with Crippen LogP contribution in [0.25, 0.3) is 0 Å². The van der Waals surface area contributed by atoms with Crippen LogP contribution in [0, 0.1) is 6.92 Å². The average Bonchev–Trinajstić information content (AvgIpc) is 2.76. The summed E-state index contributed by atoms with van der Waals surface area (Å²) in [5, 5.41) is 13.2. The minimum absolute atomic E-state index is 0.433. The molecule has 0 unspecified atom stereocenters. The standard InChI is InChI=1S/C14H17NOS/c1-11-7-8-13(17-11)9-15-10-14(16)12-5-3-2-4-6-12/h2-8,14-16H,9-10H2,1H3/t14-/m1/s1. The van der Waals surface area contributed by atoms with E-state index in [0.29, 0.717) is 6.54 Å². The first-order valence-electron chi connectivity index (χ1n) is 5.75. The monoisotopic (exact) mass is 247 g/mol. The molecule has 0 bridgehead atoms. The summed E-state index contributed by atoms with van der Waals surface area (Å²) in [6.07, 6.45) is -0.433. The van der Waals surface area contributed by atoms with Gasteiger partial charge in [0.25, 0.3) is 0 Å². The zero-order chi connectivity index (χ0) is 12.1. The van der Waals surface area contributed by atoms with Crippen molar-refractivity contribution in [2.24, 2.45) is 0 Å². The lowest BCUT2D eigenvalue weighted by atomic mass is 10.1. The van der Waals surface area contributed by atoms with Crippen LogP contribution in [-0.2, 0) is 6.54 Å². The maximum absolute atomic E-state index is 9.94. The number of hydrogen-bond donors (Lipinski definition) is 2. The fourth-order valence-electron chi connectivity index (χ4n) is 1.71. The number of nitrogens with one attached hydrogen (secondary N) is 1. The van der Waals surface area contributed by atoms with Gasteiger partial charge >= 0.3 is 0 Å². The topological polar surface area (TPSA) is 32.3 Å². The molecule has 0 aliphatic heterocycles. The Kier molecular flexibility index (Phi) is 4.31. The summed E-state index contributed by atoms with van der Waals surface area (Å²) in [4.78, 5) is 2.63. The molecule has 1 aromatic carbocycles. The molecule has 1 heterocycles. The first kappa shape index (κ1) is 12.3. The van der Waals surface area contributed by atoms with Crippen LogP contribution in [-0.4, -0.2) is 11.7 Å². The molecule has 0 aliphatic carbocycles. The van der Waals surface area contributed by atoms with E-state index in [1.165, 1.54) is 9.75 Å². The van der Waals surface area contributed by atoms with Gasteiger partial charge in [0.2, 0.25) is 0 Å². The Labute approximate surface area is 106 Å². The van der Waals surface area contributed by atoms with E-state index in [0.717, 1.165) is 12.1 Å². The lowest BCUT2D eigenvalue weighted by Crippen LogP contribution is -2.20. The number of hydrogen-bond acceptors (Lipinski definition) is 3. The molecule has 17 heavy (non-hydrogen) atoms. The zero-order valence-electron chi connectivity index (χ0n) is 9.89. The summed E-state index contributed by atoms with van der Waals surface area (Å²) >= 11 is 1.79. The Bertz CT molecular complexity index is 452. The van der Waals surface area contributed by atoms with Crippen molar-refractivity contribution >= 4 is 11.3 Å². The molecule has 0 aliphatic rings. The largest absolute Gasteiger partial charge is 0.387 e. The van der Waals surface area contributed by atoms with Gasteiger partial charge in [-0.25, -0.2) is 0 Å². The highest BCUT2D eigenvalue weighted by atomic mass is 32.1. The Balaban J connectivity index is 1.79. The molecule has 90 valence electrons. The van der Waals surface area contributed by atoms with Gasteiger partial charge < -0.3 is 10.4 Å². The second kappa shape index (κ2) is 5.96. The van der Waals surface area contributed by atoms with Gasteiger partial charge in [-0.1, -0.05) is 30.3 Å². The van der Waals surface area contributed by atoms with Crippen molar-refractivity contribution in [2.75, 3.05) is 6.54 Å². The van der Waals surface area contributed by atoms with Crippen molar-refractivity contribution in [3.63, 3.8) is 0 Å². The highest BCUT2D eigenvalue weighted by Crippen LogP contribution is 2.15. The molecule has 0 radical (unpaired) electrons. The summed E-state index contributed by atoms with van der Waals surface area (Å²) in [7, 11) is 0. The average molecular weight is 247 g/mol. The van der Waals surface area contributed by atoms with Gasteiger partial charge in [0.05, 0.1) is 6.10 Å². The van der Waals surface area contributed by atoms with Crippen molar-refractivity contribution in [3.05, 3.63) is 57.8 Å². The van der Waals surface area contributed by atoms with Gasteiger partial charge in [-0.2, -0.15) is 0 Å². The van der Waals surface area contributed by atoms with Crippen LogP contribution in [0.2, 0.25) is 0 Å². The Morgan fingerprint density at radius 2 is 1.94 bits per heavy atom. The van der Waals surface area contributed by atoms with E-state index >= 15 is 0 Å². The second-order valence-corrected chi connectivity index (χ2v) is 5.44. The minimum atomic E-state index is -0.433. The maximum atomic E-state index is 9.94. The highest BCUT2D eigenvalue weighted by molar-refractivity contribution is 7.11. The predicted molar refractivity (Wildman–Crippen MR) is 72.2 cm³/mol. The molecule has 3 heteroatoms. The van der Waals surface area contributed by atoms with Crippen molar-refractivity contribution in [2.45, 2.75) is 19.6 Å². The maximum Gasteiger partial charge on any atom is 0.0914 e. The summed E-state index contributed by atoms with van der Waals surface area (Å²) < 4.78 is 0. The number of benzene rings is 1. The van der Waals surface area contributed by atoms with Crippen LogP contribution in [0.5, 0.6) is 0 Å². The van der Waals surface area contributed by atoms with E-state index in [1.807, 2.05) is 30.3 Å². The first-order valence-corrected chi connectivity index (χ1v) is 6.56. The van der Waals surface area contributed by atoms with Gasteiger partial charge in [-0.15, -0.1) is 11.3 Å². The third kappa shape index (κ3) is 3.66. The van der Waals surface area contributed by atoms with E-state index in [-0.39, 0.29) is 0 Å². The van der Waals surface area contributed by atoms with E-state index in [2.05, 4.69) is 24.4 Å². The first-order chi connectivity index (χ1) is 8.25. The van der Waals surface area contributed by atoms with E-state index in [9.17, 15) is 5.11 Å². The lowest BCUT2D eigenvalue weighted by molar-refractivity contribution is 0.174. The zero-order valence-corrected chi connectivity index (χ0v) is 10.7. The van der Waals surface area contributed by atoms with E-state index in [1.54, 1.807) is 11.3 Å². The molecule has 2 N–H and O–H groups in total. The van der Waals surface area contributed by atoms with Crippen LogP contribution < -0.4 is 5.32 Å². The van der Waals surface area contributed by atoms with E-state index in [4.69, 9.17) is 0 Å². The number of aliphatic hydroxyl groups is 1. The second-order valence-electron chi connectivity index (χ2n) is 4.07. The van der Waals surface area contributed by atoms with Crippen LogP contribution in [0.15, 0.2) is 42.5 Å². The van der Waals surface area contributed by atoms with Gasteiger partial charge in [-0.3, -0.25) is 0 Å². The highest BCUT2D eigenvalue weighted by Gasteiger charge is 2.06. The SMILES string of the molecule is Cc1ccc(CNC[C@@H](O)c2ccccc2)s1. The molecule has 0 saturated heterocycles. The number of aliphatic hydroxyl groups excluding tert-OH is 1. The Hall–Kier alpha value is -1.16. The third-order valence-corrected chi connectivity index (χ3v) is 3.62. The lowest BCUT2D eigenvalue weighted by Gasteiger charge is -2.11. The number of thiophene rings is 1. The van der Waals surface area contributed by atoms with Crippen molar-refractivity contribution in [3.8, 4) is 0 Å². The molecule has 1 atom stereocenters. The number of rotatable bonds is 5. The molecule has 2 nitrogen and oxygen atoms in total. The van der Waals surface area contributed by atoms with Gasteiger partial charge in [0.1, 0.15) is 0 Å². The summed E-state index contributed by atoms with van der Waals surface area (Å²) in [6, 6.07) is 14.0. The van der Waals surface area contributed by atoms with Gasteiger partial charge in [-0.05, 0) is 24.6 Å². The van der Waals surface area contributed by atoms with Gasteiger partial charge in [0, 0.05) is 22.8 Å². The fraction of sp³-hybridized carbons (Fsp3) is 0.286. The van der Waals surface area contributed by atoms with Gasteiger partial charge in [0.15, 0.2) is 0 Å². The molecule has 0 saturated carbocycles. The van der Waals surface area contributed by atoms with Crippen LogP contribution in [0.3, 0.4) is 0 Å². The van der Waals surface area contributed by atoms with Crippen LogP contribution in [0.1, 0.15) is 21.4 Å². The molecule has 0 spiro atoms. The van der Waals surface area contributed by atoms with Crippen LogP contribution >= 0.6 is 11.3 Å². The predicted octanol–water partition coefficient (Wildman–Crippen LogP) is 2.88. The minimum Gasteiger partial charge on any atom is -0.387 e. The summed E-state index contributed by atoms with van der Waals surface area (Å²) in [5.41, 5.74) is 0.961. The van der Waals surface area contributed by atoms with Crippen LogP contribution in [0.4, 0.5) is 0 Å². The molecular weight excluding hydrogens is 230 g/mol. The summed E-state index contributed by atoms with van der Waals surface area (Å²) in [6.45, 7) is 3.51. The smallest absolute Gasteiger partial charge is 0.0914 e. The van der Waals surface area contributed by atoms with Crippen molar-refractivity contribution in [1.82, 2.24) is 5.32 Å². The van der Waals surface area contributed by atoms with Crippen molar-refractivity contribution in [1.29, 1.82) is 0 Å². The fourth-order valence-corrected chi connectivity index (χ4v) is 2.57. The molecular formula is C14H17NOS. The molecule has 2 rings (SSSR count). The Morgan fingerprint density at radius 3 is 2.59 bits per heavy atom. The third-order valence-electron chi connectivity index (χ3n) is 2.62. The molecule has 0 fully saturated rings. The number of aryl methyl sites for hydroxylation is 1. The molecule has 2 aromatic rings. The molecule has 1 aromatic heterocycles. The normalized spacial score (nSPS) is 12.6. The summed E-state index contributed by atoms with van der Waals surface area (Å²) in [5.74, 6) is 0. The molecule has 0 amide bonds. The van der Waals surface area contributed by atoms with E-state index < -0.39 is 6.10 Å². The quantitative estimate of drug-likeness (QED) is 0.851. The Morgan fingerprint density at radius 1 is 1.18 bits per heavy atom.